The van der Waals surface area contributed by atoms with E-state index in [0.717, 1.165) is 24.8 Å². The Morgan fingerprint density at radius 3 is 2.13 bits per heavy atom. The fourth-order valence-electron chi connectivity index (χ4n) is 2.95. The van der Waals surface area contributed by atoms with Crippen molar-refractivity contribution >= 4 is 11.7 Å². The molecule has 1 amide bonds. The summed E-state index contributed by atoms with van der Waals surface area (Å²) in [6, 6.07) is 9.54. The van der Waals surface area contributed by atoms with Gasteiger partial charge < -0.3 is 4.90 Å². The zero-order valence-corrected chi connectivity index (χ0v) is 14.3. The van der Waals surface area contributed by atoms with Crippen molar-refractivity contribution in [2.45, 2.75) is 51.5 Å². The Bertz CT molecular complexity index is 636. The molecule has 1 aliphatic carbocycles. The van der Waals surface area contributed by atoms with Crippen LogP contribution < -0.4 is 0 Å². The van der Waals surface area contributed by atoms with Crippen LogP contribution in [0.4, 0.5) is 0 Å². The second-order valence-corrected chi connectivity index (χ2v) is 6.76. The molecule has 1 saturated carbocycles. The molecular weight excluding hydrogens is 288 g/mol. The molecule has 0 spiro atoms. The molecule has 2 rings (SSSR count). The summed E-state index contributed by atoms with van der Waals surface area (Å²) in [5, 5.41) is 9.38. The minimum atomic E-state index is -0.626. The van der Waals surface area contributed by atoms with Crippen LogP contribution in [0, 0.1) is 17.2 Å². The van der Waals surface area contributed by atoms with Crippen LogP contribution in [0.1, 0.15) is 61.9 Å². The SMILES string of the molecule is CC(C)C(=O)c1ccc([C@H](C)C(=O)N(C)C2(C#N)CCC2)cc1. The van der Waals surface area contributed by atoms with Gasteiger partial charge in [0.2, 0.25) is 5.91 Å². The maximum absolute atomic E-state index is 12.7. The zero-order valence-electron chi connectivity index (χ0n) is 14.3. The second-order valence-electron chi connectivity index (χ2n) is 6.76. The first-order valence-corrected chi connectivity index (χ1v) is 8.15. The van der Waals surface area contributed by atoms with Gasteiger partial charge in [0.1, 0.15) is 5.54 Å². The highest BCUT2D eigenvalue weighted by molar-refractivity contribution is 5.97. The third kappa shape index (κ3) is 3.14. The van der Waals surface area contributed by atoms with Gasteiger partial charge in [-0.1, -0.05) is 38.1 Å². The van der Waals surface area contributed by atoms with Gasteiger partial charge in [0.15, 0.2) is 5.78 Å². The van der Waals surface area contributed by atoms with Crippen molar-refractivity contribution in [1.82, 2.24) is 4.90 Å². The van der Waals surface area contributed by atoms with E-state index in [4.69, 9.17) is 0 Å². The third-order valence-electron chi connectivity index (χ3n) is 4.95. The summed E-state index contributed by atoms with van der Waals surface area (Å²) in [6.07, 6.45) is 2.49. The predicted octanol–water partition coefficient (Wildman–Crippen LogP) is 3.53. The minimum Gasteiger partial charge on any atom is -0.327 e. The van der Waals surface area contributed by atoms with Crippen molar-refractivity contribution in [2.24, 2.45) is 5.92 Å². The quantitative estimate of drug-likeness (QED) is 0.781. The molecule has 0 saturated heterocycles. The average molecular weight is 312 g/mol. The fraction of sp³-hybridized carbons (Fsp3) is 0.526. The van der Waals surface area contributed by atoms with E-state index in [1.807, 2.05) is 32.9 Å². The van der Waals surface area contributed by atoms with Gasteiger partial charge >= 0.3 is 0 Å². The highest BCUT2D eigenvalue weighted by Gasteiger charge is 2.44. The average Bonchev–Trinajstić information content (AvgIpc) is 2.52. The lowest BCUT2D eigenvalue weighted by Crippen LogP contribution is -2.54. The largest absolute Gasteiger partial charge is 0.327 e. The van der Waals surface area contributed by atoms with Crippen molar-refractivity contribution in [3.05, 3.63) is 35.4 Å². The van der Waals surface area contributed by atoms with E-state index >= 15 is 0 Å². The number of carbonyl (C=O) groups excluding carboxylic acids is 2. The molecule has 0 unspecified atom stereocenters. The first-order chi connectivity index (χ1) is 10.8. The Balaban J connectivity index is 2.14. The van der Waals surface area contributed by atoms with Crippen LogP contribution in [0.25, 0.3) is 0 Å². The number of likely N-dealkylation sites (N-methyl/N-ethyl adjacent to an activating group) is 1. The minimum absolute atomic E-state index is 0.0415. The van der Waals surface area contributed by atoms with E-state index < -0.39 is 5.54 Å². The molecule has 122 valence electrons. The first kappa shape index (κ1) is 17.2. The van der Waals surface area contributed by atoms with Crippen LogP contribution in [-0.2, 0) is 4.79 Å². The van der Waals surface area contributed by atoms with Gasteiger partial charge in [-0.25, -0.2) is 0 Å². The number of rotatable bonds is 5. The van der Waals surface area contributed by atoms with Crippen LogP contribution in [0.5, 0.6) is 0 Å². The predicted molar refractivity (Wildman–Crippen MR) is 89.0 cm³/mol. The van der Waals surface area contributed by atoms with Gasteiger partial charge in [-0.2, -0.15) is 5.26 Å². The number of hydrogen-bond donors (Lipinski definition) is 0. The molecule has 1 aromatic carbocycles. The molecule has 1 aliphatic rings. The third-order valence-corrected chi connectivity index (χ3v) is 4.95. The summed E-state index contributed by atoms with van der Waals surface area (Å²) in [7, 11) is 1.72. The highest BCUT2D eigenvalue weighted by Crippen LogP contribution is 2.37. The number of carbonyl (C=O) groups is 2. The van der Waals surface area contributed by atoms with Crippen molar-refractivity contribution in [2.75, 3.05) is 7.05 Å². The first-order valence-electron chi connectivity index (χ1n) is 8.15. The van der Waals surface area contributed by atoms with Crippen LogP contribution >= 0.6 is 0 Å². The molecule has 0 aromatic heterocycles. The lowest BCUT2D eigenvalue weighted by atomic mass is 9.76. The molecular formula is C19H24N2O2. The van der Waals surface area contributed by atoms with Gasteiger partial charge in [0.25, 0.3) is 0 Å². The van der Waals surface area contributed by atoms with Crippen molar-refractivity contribution < 1.29 is 9.59 Å². The summed E-state index contributed by atoms with van der Waals surface area (Å²) < 4.78 is 0. The summed E-state index contributed by atoms with van der Waals surface area (Å²) in [5.41, 5.74) is 0.914. The Hall–Kier alpha value is -2.15. The van der Waals surface area contributed by atoms with Gasteiger partial charge in [0.05, 0.1) is 12.0 Å². The molecule has 1 fully saturated rings. The number of benzene rings is 1. The highest BCUT2D eigenvalue weighted by atomic mass is 16.2. The molecule has 1 aromatic rings. The Morgan fingerprint density at radius 2 is 1.74 bits per heavy atom. The van der Waals surface area contributed by atoms with Gasteiger partial charge in [-0.15, -0.1) is 0 Å². The van der Waals surface area contributed by atoms with E-state index in [0.29, 0.717) is 5.56 Å². The Morgan fingerprint density at radius 1 is 1.17 bits per heavy atom. The lowest BCUT2D eigenvalue weighted by molar-refractivity contribution is -0.137. The molecule has 0 bridgehead atoms. The van der Waals surface area contributed by atoms with Crippen LogP contribution in [0.3, 0.4) is 0 Å². The fourth-order valence-corrected chi connectivity index (χ4v) is 2.95. The number of amides is 1. The van der Waals surface area contributed by atoms with Gasteiger partial charge in [-0.3, -0.25) is 9.59 Å². The number of nitrogens with zero attached hydrogens (tertiary/aromatic N) is 2. The lowest BCUT2D eigenvalue weighted by Gasteiger charge is -2.43. The monoisotopic (exact) mass is 312 g/mol. The zero-order chi connectivity index (χ0) is 17.2. The van der Waals surface area contributed by atoms with Gasteiger partial charge in [-0.05, 0) is 31.7 Å². The smallest absolute Gasteiger partial charge is 0.230 e. The number of Topliss-reactive ketones (excluding diaryl/α,β-unsaturated/α-hetero) is 1. The summed E-state index contributed by atoms with van der Waals surface area (Å²) >= 11 is 0. The molecule has 1 atom stereocenters. The molecule has 0 aliphatic heterocycles. The number of ketones is 1. The topological polar surface area (TPSA) is 61.2 Å². The van der Waals surface area contributed by atoms with Crippen LogP contribution in [-0.4, -0.2) is 29.2 Å². The maximum Gasteiger partial charge on any atom is 0.230 e. The normalized spacial score (nSPS) is 17.0. The molecule has 0 heterocycles. The van der Waals surface area contributed by atoms with E-state index in [-0.39, 0.29) is 23.5 Å². The molecule has 4 heteroatoms. The standard InChI is InChI=1S/C19H24N2O2/c1-13(2)17(22)16-8-6-15(7-9-16)14(3)18(23)21(4)19(12-20)10-5-11-19/h6-9,13-14H,5,10-11H2,1-4H3/t14-/m0/s1. The van der Waals surface area contributed by atoms with Crippen LogP contribution in [0.2, 0.25) is 0 Å². The van der Waals surface area contributed by atoms with E-state index in [9.17, 15) is 14.9 Å². The summed E-state index contributed by atoms with van der Waals surface area (Å²) in [5.74, 6) is -0.311. The second kappa shape index (κ2) is 6.54. The van der Waals surface area contributed by atoms with Gasteiger partial charge in [0, 0.05) is 18.5 Å². The summed E-state index contributed by atoms with van der Waals surface area (Å²) in [4.78, 5) is 26.3. The van der Waals surface area contributed by atoms with E-state index in [1.165, 1.54) is 0 Å². The van der Waals surface area contributed by atoms with Crippen LogP contribution in [0.15, 0.2) is 24.3 Å². The van der Waals surface area contributed by atoms with E-state index in [1.54, 1.807) is 24.1 Å². The molecule has 4 nitrogen and oxygen atoms in total. The van der Waals surface area contributed by atoms with E-state index in [2.05, 4.69) is 6.07 Å². The summed E-state index contributed by atoms with van der Waals surface area (Å²) in [6.45, 7) is 5.59. The molecule has 0 radical (unpaired) electrons. The number of nitriles is 1. The Kier molecular flexibility index (Phi) is 4.89. The molecule has 23 heavy (non-hydrogen) atoms. The van der Waals surface area contributed by atoms with Crippen molar-refractivity contribution in [3.8, 4) is 6.07 Å². The number of hydrogen-bond acceptors (Lipinski definition) is 3. The van der Waals surface area contributed by atoms with Crippen molar-refractivity contribution in [1.29, 1.82) is 5.26 Å². The van der Waals surface area contributed by atoms with Crippen molar-refractivity contribution in [3.63, 3.8) is 0 Å². The Labute approximate surface area is 138 Å². The molecule has 0 N–H and O–H groups in total. The maximum atomic E-state index is 12.7.